The smallest absolute Gasteiger partial charge is 0.162 e. The van der Waals surface area contributed by atoms with E-state index < -0.39 is 0 Å². The zero-order chi connectivity index (χ0) is 11.5. The van der Waals surface area contributed by atoms with Crippen LogP contribution in [-0.2, 0) is 4.79 Å². The van der Waals surface area contributed by atoms with Crippen LogP contribution in [0.4, 0.5) is 0 Å². The Bertz CT molecular complexity index is 294. The molecule has 1 aliphatic rings. The monoisotopic (exact) mass is 206 g/mol. The molecule has 0 aromatic carbocycles. The maximum absolute atomic E-state index is 12.1. The van der Waals surface area contributed by atoms with E-state index in [9.17, 15) is 4.79 Å². The second kappa shape index (κ2) is 4.78. The zero-order valence-corrected chi connectivity index (χ0v) is 10.3. The lowest BCUT2D eigenvalue weighted by Gasteiger charge is -2.39. The van der Waals surface area contributed by atoms with Crippen molar-refractivity contribution in [2.24, 2.45) is 11.3 Å². The molecule has 1 fully saturated rings. The second-order valence-corrected chi connectivity index (χ2v) is 5.04. The minimum atomic E-state index is 0.104. The van der Waals surface area contributed by atoms with E-state index in [1.54, 1.807) is 6.08 Å². The third-order valence-corrected chi connectivity index (χ3v) is 3.43. The lowest BCUT2D eigenvalue weighted by Crippen LogP contribution is -2.35. The lowest BCUT2D eigenvalue weighted by molar-refractivity contribution is -0.120. The predicted octanol–water partition coefficient (Wildman–Crippen LogP) is 3.90. The van der Waals surface area contributed by atoms with Crippen LogP contribution in [0, 0.1) is 11.3 Å². The molecule has 0 saturated heterocycles. The average Bonchev–Trinajstić information content (AvgIpc) is 2.16. The maximum Gasteiger partial charge on any atom is 0.162 e. The van der Waals surface area contributed by atoms with E-state index in [0.29, 0.717) is 0 Å². The summed E-state index contributed by atoms with van der Waals surface area (Å²) in [5.74, 6) is 0.378. The molecule has 0 spiro atoms. The van der Waals surface area contributed by atoms with Crippen molar-refractivity contribution in [1.82, 2.24) is 0 Å². The fraction of sp³-hybridized carbons (Fsp3) is 0.643. The number of allylic oxidation sites excluding steroid dienone is 4. The fourth-order valence-corrected chi connectivity index (χ4v) is 2.68. The van der Waals surface area contributed by atoms with Crippen molar-refractivity contribution >= 4 is 5.78 Å². The third-order valence-electron chi connectivity index (χ3n) is 3.43. The minimum Gasteiger partial charge on any atom is -0.294 e. The van der Waals surface area contributed by atoms with Crippen LogP contribution in [0.3, 0.4) is 0 Å². The number of carbonyl (C=O) groups is 1. The van der Waals surface area contributed by atoms with Crippen molar-refractivity contribution in [2.75, 3.05) is 0 Å². The van der Waals surface area contributed by atoms with Gasteiger partial charge >= 0.3 is 0 Å². The Morgan fingerprint density at radius 1 is 1.40 bits per heavy atom. The van der Waals surface area contributed by atoms with Crippen molar-refractivity contribution < 1.29 is 4.79 Å². The molecule has 1 atom stereocenters. The number of hydrogen-bond donors (Lipinski definition) is 0. The predicted molar refractivity (Wildman–Crippen MR) is 64.7 cm³/mol. The molecule has 0 aromatic rings. The van der Waals surface area contributed by atoms with Crippen LogP contribution in [-0.4, -0.2) is 5.78 Å². The van der Waals surface area contributed by atoms with Crippen LogP contribution in [0.2, 0.25) is 0 Å². The highest BCUT2D eigenvalue weighted by atomic mass is 16.1. The zero-order valence-electron chi connectivity index (χ0n) is 10.3. The van der Waals surface area contributed by atoms with E-state index in [0.717, 1.165) is 12.8 Å². The minimum absolute atomic E-state index is 0.104. The Morgan fingerprint density at radius 2 is 2.07 bits per heavy atom. The van der Waals surface area contributed by atoms with Gasteiger partial charge in [0.1, 0.15) is 0 Å². The number of hydrogen-bond acceptors (Lipinski definition) is 1. The van der Waals surface area contributed by atoms with E-state index in [4.69, 9.17) is 0 Å². The molecule has 1 heteroatoms. The maximum atomic E-state index is 12.1. The van der Waals surface area contributed by atoms with Gasteiger partial charge in [0.25, 0.3) is 0 Å². The molecular weight excluding hydrogens is 184 g/mol. The van der Waals surface area contributed by atoms with E-state index in [1.807, 2.05) is 19.9 Å². The largest absolute Gasteiger partial charge is 0.294 e. The number of ketones is 1. The molecule has 0 aliphatic heterocycles. The van der Waals surface area contributed by atoms with Gasteiger partial charge in [-0.05, 0) is 44.6 Å². The summed E-state index contributed by atoms with van der Waals surface area (Å²) >= 11 is 0. The first kappa shape index (κ1) is 12.2. The molecule has 0 aromatic heterocycles. The van der Waals surface area contributed by atoms with Crippen molar-refractivity contribution in [3.8, 4) is 0 Å². The molecule has 1 saturated carbocycles. The molecular formula is C14H22O. The SMILES string of the molecule is C/C=C1/CCCC(C)(C)C1C(=O)/C=C/C. The van der Waals surface area contributed by atoms with Gasteiger partial charge in [0, 0.05) is 5.92 Å². The highest BCUT2D eigenvalue weighted by molar-refractivity contribution is 5.94. The van der Waals surface area contributed by atoms with Crippen LogP contribution < -0.4 is 0 Å². The summed E-state index contributed by atoms with van der Waals surface area (Å²) in [6.45, 7) is 8.37. The summed E-state index contributed by atoms with van der Waals surface area (Å²) in [4.78, 5) is 12.1. The van der Waals surface area contributed by atoms with E-state index in [1.165, 1.54) is 12.0 Å². The molecule has 0 heterocycles. The summed E-state index contributed by atoms with van der Waals surface area (Å²) in [5, 5.41) is 0. The van der Waals surface area contributed by atoms with Gasteiger partial charge in [0.15, 0.2) is 5.78 Å². The van der Waals surface area contributed by atoms with Crippen LogP contribution >= 0.6 is 0 Å². The topological polar surface area (TPSA) is 17.1 Å². The Labute approximate surface area is 93.3 Å². The van der Waals surface area contributed by atoms with Crippen LogP contribution in [0.15, 0.2) is 23.8 Å². The Balaban J connectivity index is 3.00. The van der Waals surface area contributed by atoms with Gasteiger partial charge in [-0.15, -0.1) is 0 Å². The van der Waals surface area contributed by atoms with Gasteiger partial charge in [0.2, 0.25) is 0 Å². The van der Waals surface area contributed by atoms with Crippen molar-refractivity contribution in [3.63, 3.8) is 0 Å². The molecule has 0 amide bonds. The first-order valence-electron chi connectivity index (χ1n) is 5.84. The Kier molecular flexibility index (Phi) is 3.90. The molecule has 1 rings (SSSR count). The second-order valence-electron chi connectivity index (χ2n) is 5.04. The van der Waals surface area contributed by atoms with E-state index >= 15 is 0 Å². The Morgan fingerprint density at radius 3 is 2.60 bits per heavy atom. The van der Waals surface area contributed by atoms with E-state index in [2.05, 4.69) is 19.9 Å². The first-order valence-corrected chi connectivity index (χ1v) is 5.84. The third kappa shape index (κ3) is 2.58. The quantitative estimate of drug-likeness (QED) is 0.494. The molecule has 1 nitrogen and oxygen atoms in total. The van der Waals surface area contributed by atoms with Crippen LogP contribution in [0.1, 0.15) is 47.0 Å². The van der Waals surface area contributed by atoms with Gasteiger partial charge in [0.05, 0.1) is 0 Å². The van der Waals surface area contributed by atoms with Gasteiger partial charge in [-0.2, -0.15) is 0 Å². The van der Waals surface area contributed by atoms with Crippen molar-refractivity contribution in [2.45, 2.75) is 47.0 Å². The van der Waals surface area contributed by atoms with Gasteiger partial charge in [-0.3, -0.25) is 4.79 Å². The highest BCUT2D eigenvalue weighted by Crippen LogP contribution is 2.44. The molecule has 0 bridgehead atoms. The van der Waals surface area contributed by atoms with Gasteiger partial charge < -0.3 is 0 Å². The van der Waals surface area contributed by atoms with Crippen molar-refractivity contribution in [3.05, 3.63) is 23.8 Å². The molecule has 1 unspecified atom stereocenters. The summed E-state index contributed by atoms with van der Waals surface area (Å²) in [6, 6.07) is 0. The van der Waals surface area contributed by atoms with Crippen LogP contribution in [0.5, 0.6) is 0 Å². The first-order chi connectivity index (χ1) is 7.03. The molecule has 0 N–H and O–H groups in total. The van der Waals surface area contributed by atoms with E-state index in [-0.39, 0.29) is 17.1 Å². The molecule has 84 valence electrons. The number of carbonyl (C=O) groups excluding carboxylic acids is 1. The lowest BCUT2D eigenvalue weighted by atomic mass is 9.64. The summed E-state index contributed by atoms with van der Waals surface area (Å²) < 4.78 is 0. The van der Waals surface area contributed by atoms with Gasteiger partial charge in [-0.1, -0.05) is 31.6 Å². The standard InChI is InChI=1S/C14H22O/c1-5-8-12(15)13-11(6-2)9-7-10-14(13,3)4/h5-6,8,13H,7,9-10H2,1-4H3/b8-5+,11-6-. The average molecular weight is 206 g/mol. The summed E-state index contributed by atoms with van der Waals surface area (Å²) in [5.41, 5.74) is 1.45. The number of rotatable bonds is 2. The summed E-state index contributed by atoms with van der Waals surface area (Å²) in [7, 11) is 0. The molecule has 1 aliphatic carbocycles. The highest BCUT2D eigenvalue weighted by Gasteiger charge is 2.38. The Hall–Kier alpha value is -0.850. The normalized spacial score (nSPS) is 28.5. The van der Waals surface area contributed by atoms with Crippen LogP contribution in [0.25, 0.3) is 0 Å². The van der Waals surface area contributed by atoms with Gasteiger partial charge in [-0.25, -0.2) is 0 Å². The molecule has 0 radical (unpaired) electrons. The summed E-state index contributed by atoms with van der Waals surface area (Å²) in [6.07, 6.45) is 9.16. The van der Waals surface area contributed by atoms with Crippen molar-refractivity contribution in [1.29, 1.82) is 0 Å². The fourth-order valence-electron chi connectivity index (χ4n) is 2.68. The molecule has 15 heavy (non-hydrogen) atoms.